The Balaban J connectivity index is 1.12. The van der Waals surface area contributed by atoms with Gasteiger partial charge in [-0.15, -0.1) is 0 Å². The fourth-order valence-corrected chi connectivity index (χ4v) is 9.55. The molecule has 0 saturated heterocycles. The lowest BCUT2D eigenvalue weighted by Gasteiger charge is -2.14. The Kier molecular flexibility index (Phi) is 5.86. The van der Waals surface area contributed by atoms with Crippen LogP contribution in [0.15, 0.2) is 182 Å². The molecule has 4 aromatic heterocycles. The SMILES string of the molecule is c1ccc2cc3c(cc2c1)c1cc2c4ccccc4n4c5ccccc5c(c1n3-c1ccc(-c3nc5ccccc5nc3-c3cccc5ccccc35)cc1)c24. The van der Waals surface area contributed by atoms with Crippen LogP contribution in [0.25, 0.3) is 121 Å². The number of benzene rings is 9. The molecule has 4 nitrogen and oxygen atoms in total. The van der Waals surface area contributed by atoms with Gasteiger partial charge in [-0.1, -0.05) is 127 Å². The molecule has 4 heteroatoms. The second-order valence-electron chi connectivity index (χ2n) is 14.9. The Labute approximate surface area is 320 Å². The van der Waals surface area contributed by atoms with Crippen molar-refractivity contribution < 1.29 is 0 Å². The van der Waals surface area contributed by atoms with Crippen LogP contribution in [0.5, 0.6) is 0 Å². The van der Waals surface area contributed by atoms with Crippen LogP contribution in [-0.4, -0.2) is 18.9 Å². The van der Waals surface area contributed by atoms with E-state index in [0.29, 0.717) is 0 Å². The van der Waals surface area contributed by atoms with E-state index in [4.69, 9.17) is 9.97 Å². The monoisotopic (exact) mass is 710 g/mol. The van der Waals surface area contributed by atoms with Gasteiger partial charge >= 0.3 is 0 Å². The zero-order valence-electron chi connectivity index (χ0n) is 30.1. The Morgan fingerprint density at radius 1 is 0.357 bits per heavy atom. The normalized spacial score (nSPS) is 12.3. The van der Waals surface area contributed by atoms with Gasteiger partial charge in [-0.2, -0.15) is 0 Å². The van der Waals surface area contributed by atoms with Gasteiger partial charge in [-0.25, -0.2) is 9.97 Å². The van der Waals surface area contributed by atoms with Crippen molar-refractivity contribution in [2.75, 3.05) is 0 Å². The maximum atomic E-state index is 5.30. The Morgan fingerprint density at radius 3 is 1.73 bits per heavy atom. The van der Waals surface area contributed by atoms with Gasteiger partial charge in [0.05, 0.1) is 50.0 Å². The highest BCUT2D eigenvalue weighted by Crippen LogP contribution is 2.47. The summed E-state index contributed by atoms with van der Waals surface area (Å²) in [5.74, 6) is 0. The first kappa shape index (κ1) is 29.8. The first-order valence-corrected chi connectivity index (χ1v) is 19.2. The lowest BCUT2D eigenvalue weighted by molar-refractivity contribution is 1.19. The van der Waals surface area contributed by atoms with Crippen molar-refractivity contribution in [1.29, 1.82) is 0 Å². The van der Waals surface area contributed by atoms with E-state index in [0.717, 1.165) is 44.6 Å². The molecule has 0 saturated carbocycles. The Hall–Kier alpha value is -7.56. The maximum Gasteiger partial charge on any atom is 0.0979 e. The average Bonchev–Trinajstić information content (AvgIpc) is 3.89. The summed E-state index contributed by atoms with van der Waals surface area (Å²) < 4.78 is 4.97. The fourth-order valence-electron chi connectivity index (χ4n) is 9.55. The van der Waals surface area contributed by atoms with E-state index in [1.807, 2.05) is 12.1 Å². The summed E-state index contributed by atoms with van der Waals surface area (Å²) >= 11 is 0. The molecule has 0 amide bonds. The largest absolute Gasteiger partial charge is 0.309 e. The number of para-hydroxylation sites is 4. The highest BCUT2D eigenvalue weighted by atomic mass is 15.0. The number of nitrogens with zero attached hydrogens (tertiary/aromatic N) is 4. The molecule has 0 aliphatic rings. The maximum absolute atomic E-state index is 5.30. The molecule has 0 unspecified atom stereocenters. The second-order valence-corrected chi connectivity index (χ2v) is 14.9. The molecule has 13 rings (SSSR count). The van der Waals surface area contributed by atoms with Crippen LogP contribution in [0.2, 0.25) is 0 Å². The van der Waals surface area contributed by atoms with Gasteiger partial charge in [0.15, 0.2) is 0 Å². The Bertz CT molecular complexity index is 3750. The molecule has 56 heavy (non-hydrogen) atoms. The molecule has 0 radical (unpaired) electrons. The van der Waals surface area contributed by atoms with E-state index < -0.39 is 0 Å². The molecule has 0 fully saturated rings. The van der Waals surface area contributed by atoms with Crippen LogP contribution in [0.3, 0.4) is 0 Å². The van der Waals surface area contributed by atoms with Crippen molar-refractivity contribution in [3.05, 3.63) is 182 Å². The summed E-state index contributed by atoms with van der Waals surface area (Å²) in [6.45, 7) is 0. The van der Waals surface area contributed by atoms with Crippen molar-refractivity contribution in [1.82, 2.24) is 18.9 Å². The van der Waals surface area contributed by atoms with Crippen molar-refractivity contribution in [3.63, 3.8) is 0 Å². The van der Waals surface area contributed by atoms with Gasteiger partial charge in [0.25, 0.3) is 0 Å². The average molecular weight is 711 g/mol. The zero-order valence-corrected chi connectivity index (χ0v) is 30.1. The summed E-state index contributed by atoms with van der Waals surface area (Å²) in [5, 5.41) is 12.4. The van der Waals surface area contributed by atoms with Crippen LogP contribution in [0.4, 0.5) is 0 Å². The number of rotatable bonds is 3. The molecule has 4 heterocycles. The molecule has 258 valence electrons. The third kappa shape index (κ3) is 3.97. The van der Waals surface area contributed by atoms with E-state index in [1.54, 1.807) is 0 Å². The molecule has 0 aliphatic heterocycles. The van der Waals surface area contributed by atoms with E-state index in [-0.39, 0.29) is 0 Å². The van der Waals surface area contributed by atoms with Crippen LogP contribution in [0, 0.1) is 0 Å². The molecule has 13 aromatic rings. The first-order valence-electron chi connectivity index (χ1n) is 19.2. The first-order chi connectivity index (χ1) is 27.8. The summed E-state index contributed by atoms with van der Waals surface area (Å²) in [4.78, 5) is 10.6. The van der Waals surface area contributed by atoms with E-state index in [1.165, 1.54) is 76.1 Å². The van der Waals surface area contributed by atoms with Crippen molar-refractivity contribution in [3.8, 4) is 28.2 Å². The van der Waals surface area contributed by atoms with Gasteiger partial charge < -0.3 is 8.97 Å². The minimum absolute atomic E-state index is 0.874. The molecule has 0 bridgehead atoms. The van der Waals surface area contributed by atoms with Gasteiger partial charge in [0.2, 0.25) is 0 Å². The fraction of sp³-hybridized carbons (Fsp3) is 0. The van der Waals surface area contributed by atoms with E-state index in [9.17, 15) is 0 Å². The molecule has 0 atom stereocenters. The highest BCUT2D eigenvalue weighted by Gasteiger charge is 2.25. The van der Waals surface area contributed by atoms with Crippen LogP contribution in [-0.2, 0) is 0 Å². The number of fused-ring (bicyclic) bond motifs is 13. The van der Waals surface area contributed by atoms with Gasteiger partial charge in [-0.3, -0.25) is 0 Å². The van der Waals surface area contributed by atoms with Crippen LogP contribution >= 0.6 is 0 Å². The lowest BCUT2D eigenvalue weighted by atomic mass is 9.98. The van der Waals surface area contributed by atoms with E-state index >= 15 is 0 Å². The standard InChI is InChI=1S/C52H30N4/c1-2-14-34-29-47-40(28-33(34)13-1)42-30-41-37-17-5-9-22-45(37)56-46-23-10-6-18-39(46)48(52(41)56)51(42)55(47)35-26-24-32(25-27-35)49-50(54-44-21-8-7-20-43(44)53-49)38-19-11-15-31-12-3-4-16-36(31)38/h1-30H. The van der Waals surface area contributed by atoms with Crippen molar-refractivity contribution >= 4 is 92.5 Å². The topological polar surface area (TPSA) is 35.1 Å². The third-order valence-corrected chi connectivity index (χ3v) is 12.0. The minimum Gasteiger partial charge on any atom is -0.309 e. The zero-order chi connectivity index (χ0) is 36.5. The van der Waals surface area contributed by atoms with Gasteiger partial charge in [-0.05, 0) is 76.1 Å². The van der Waals surface area contributed by atoms with E-state index in [2.05, 4.69) is 179 Å². The number of hydrogen-bond acceptors (Lipinski definition) is 2. The number of hydrogen-bond donors (Lipinski definition) is 0. The molecule has 0 N–H and O–H groups in total. The third-order valence-electron chi connectivity index (χ3n) is 12.0. The predicted molar refractivity (Wildman–Crippen MR) is 234 cm³/mol. The molecular formula is C52H30N4. The van der Waals surface area contributed by atoms with Crippen molar-refractivity contribution in [2.24, 2.45) is 0 Å². The predicted octanol–water partition coefficient (Wildman–Crippen LogP) is 13.5. The molecule has 0 aliphatic carbocycles. The lowest BCUT2D eigenvalue weighted by Crippen LogP contribution is -1.98. The van der Waals surface area contributed by atoms with Crippen molar-refractivity contribution in [2.45, 2.75) is 0 Å². The smallest absolute Gasteiger partial charge is 0.0979 e. The summed E-state index contributed by atoms with van der Waals surface area (Å²) in [6.07, 6.45) is 0. The van der Waals surface area contributed by atoms with Gasteiger partial charge in [0, 0.05) is 49.1 Å². The summed E-state index contributed by atoms with van der Waals surface area (Å²) in [5.41, 5.74) is 12.9. The van der Waals surface area contributed by atoms with Crippen LogP contribution < -0.4 is 0 Å². The summed E-state index contributed by atoms with van der Waals surface area (Å²) in [6, 6.07) is 65.8. The molecule has 0 spiro atoms. The highest BCUT2D eigenvalue weighted by molar-refractivity contribution is 6.34. The quantitative estimate of drug-likeness (QED) is 0.183. The van der Waals surface area contributed by atoms with Crippen LogP contribution in [0.1, 0.15) is 0 Å². The number of aromatic nitrogens is 4. The molecular weight excluding hydrogens is 681 g/mol. The Morgan fingerprint density at radius 2 is 0.946 bits per heavy atom. The van der Waals surface area contributed by atoms with Gasteiger partial charge in [0.1, 0.15) is 0 Å². The minimum atomic E-state index is 0.874. The second kappa shape index (κ2) is 11.0. The summed E-state index contributed by atoms with van der Waals surface area (Å²) in [7, 11) is 0. The molecule has 9 aromatic carbocycles.